The van der Waals surface area contributed by atoms with E-state index in [9.17, 15) is 28.0 Å². The highest BCUT2D eigenvalue weighted by molar-refractivity contribution is 6.29. The quantitative estimate of drug-likeness (QED) is 0.449. The highest BCUT2D eigenvalue weighted by Crippen LogP contribution is 2.76. The molecule has 3 aromatic carbocycles. The van der Waals surface area contributed by atoms with Crippen molar-refractivity contribution in [2.75, 3.05) is 4.90 Å². The van der Waals surface area contributed by atoms with Gasteiger partial charge in [-0.2, -0.15) is 5.26 Å². The van der Waals surface area contributed by atoms with E-state index in [1.54, 1.807) is 43.3 Å². The third-order valence-corrected chi connectivity index (χ3v) is 7.34. The normalized spacial score (nSPS) is 24.9. The van der Waals surface area contributed by atoms with E-state index in [2.05, 4.69) is 4.74 Å². The number of rotatable bonds is 4. The number of hydrogen-bond donors (Lipinski definition) is 0. The van der Waals surface area contributed by atoms with Gasteiger partial charge in [-0.3, -0.25) is 9.59 Å². The maximum atomic E-state index is 13.9. The number of fused-ring (bicyclic) bond motifs is 1. The zero-order chi connectivity index (χ0) is 26.0. The van der Waals surface area contributed by atoms with Crippen molar-refractivity contribution in [3.8, 4) is 11.8 Å². The molecule has 1 saturated heterocycles. The van der Waals surface area contributed by atoms with Gasteiger partial charge in [-0.1, -0.05) is 30.3 Å². The predicted molar refractivity (Wildman–Crippen MR) is 125 cm³/mol. The Balaban J connectivity index is 1.63. The highest BCUT2D eigenvalue weighted by atomic mass is 19.4. The molecular formula is C28H21F3N2O3. The van der Waals surface area contributed by atoms with Crippen LogP contribution < -0.4 is 9.64 Å². The number of ether oxygens (including phenoxy) is 1. The van der Waals surface area contributed by atoms with E-state index < -0.39 is 28.9 Å². The number of amides is 2. The molecule has 0 aromatic heterocycles. The molecule has 2 fully saturated rings. The molecule has 5 nitrogen and oxygen atoms in total. The Morgan fingerprint density at radius 2 is 1.44 bits per heavy atom. The summed E-state index contributed by atoms with van der Waals surface area (Å²) < 4.78 is 42.1. The van der Waals surface area contributed by atoms with Gasteiger partial charge in [0, 0.05) is 5.41 Å². The maximum absolute atomic E-state index is 13.9. The van der Waals surface area contributed by atoms with Crippen LogP contribution in [-0.4, -0.2) is 18.2 Å². The lowest BCUT2D eigenvalue weighted by Gasteiger charge is -2.30. The molecule has 182 valence electrons. The highest BCUT2D eigenvalue weighted by Gasteiger charge is 2.86. The second kappa shape index (κ2) is 7.69. The minimum atomic E-state index is -4.84. The largest absolute Gasteiger partial charge is 0.573 e. The fourth-order valence-electron chi connectivity index (χ4n) is 5.96. The van der Waals surface area contributed by atoms with Gasteiger partial charge in [-0.15, -0.1) is 13.2 Å². The lowest BCUT2D eigenvalue weighted by Crippen LogP contribution is -2.42. The Kier molecular flexibility index (Phi) is 5.04. The molecule has 0 unspecified atom stereocenters. The molecule has 1 aliphatic heterocycles. The molecule has 0 N–H and O–H groups in total. The zero-order valence-electron chi connectivity index (χ0n) is 19.7. The van der Waals surface area contributed by atoms with Crippen LogP contribution in [0.25, 0.3) is 0 Å². The number of imide groups is 1. The van der Waals surface area contributed by atoms with Crippen molar-refractivity contribution >= 4 is 17.5 Å². The van der Waals surface area contributed by atoms with Crippen molar-refractivity contribution in [3.63, 3.8) is 0 Å². The molecule has 0 radical (unpaired) electrons. The molecule has 0 spiro atoms. The maximum Gasteiger partial charge on any atom is 0.573 e. The van der Waals surface area contributed by atoms with Crippen LogP contribution in [0.4, 0.5) is 18.9 Å². The Bertz CT molecular complexity index is 1420. The molecule has 1 aliphatic carbocycles. The van der Waals surface area contributed by atoms with E-state index in [-0.39, 0.29) is 11.8 Å². The Labute approximate surface area is 205 Å². The van der Waals surface area contributed by atoms with Gasteiger partial charge in [0.2, 0.25) is 11.8 Å². The third kappa shape index (κ3) is 3.23. The molecule has 8 heteroatoms. The number of halogens is 3. The van der Waals surface area contributed by atoms with E-state index in [4.69, 9.17) is 0 Å². The number of nitrogens with zero attached hydrogens (tertiary/aromatic N) is 2. The van der Waals surface area contributed by atoms with E-state index in [1.165, 1.54) is 29.2 Å². The molecular weight excluding hydrogens is 469 g/mol. The minimum absolute atomic E-state index is 0.368. The number of carbonyl (C=O) groups excluding carboxylic acids is 2. The first kappa shape index (κ1) is 23.6. The van der Waals surface area contributed by atoms with Gasteiger partial charge in [0.15, 0.2) is 0 Å². The lowest BCUT2D eigenvalue weighted by molar-refractivity contribution is -0.274. The van der Waals surface area contributed by atoms with Gasteiger partial charge in [-0.05, 0) is 79.4 Å². The molecule has 2 aliphatic rings. The van der Waals surface area contributed by atoms with Gasteiger partial charge in [-0.25, -0.2) is 4.90 Å². The van der Waals surface area contributed by atoms with Crippen molar-refractivity contribution in [2.45, 2.75) is 32.5 Å². The number of hydrogen-bond acceptors (Lipinski definition) is 4. The first-order valence-corrected chi connectivity index (χ1v) is 11.3. The number of piperidine rings is 1. The fraction of sp³-hybridized carbons (Fsp3) is 0.250. The first-order chi connectivity index (χ1) is 16.9. The van der Waals surface area contributed by atoms with Crippen molar-refractivity contribution in [3.05, 3.63) is 94.5 Å². The summed E-state index contributed by atoms with van der Waals surface area (Å²) in [5.74, 6) is -1.90. The van der Waals surface area contributed by atoms with Crippen LogP contribution >= 0.6 is 0 Å². The Hall–Kier alpha value is -4.12. The van der Waals surface area contributed by atoms with Gasteiger partial charge in [0.05, 0.1) is 28.7 Å². The van der Waals surface area contributed by atoms with Crippen molar-refractivity contribution in [1.29, 1.82) is 5.26 Å². The second-order valence-corrected chi connectivity index (χ2v) is 9.53. The Morgan fingerprint density at radius 1 is 0.917 bits per heavy atom. The van der Waals surface area contributed by atoms with E-state index >= 15 is 0 Å². The monoisotopic (exact) mass is 490 g/mol. The van der Waals surface area contributed by atoms with Crippen LogP contribution in [0.15, 0.2) is 66.7 Å². The van der Waals surface area contributed by atoms with E-state index in [0.29, 0.717) is 22.4 Å². The van der Waals surface area contributed by atoms with Gasteiger partial charge < -0.3 is 4.74 Å². The molecule has 0 bridgehead atoms. The molecule has 3 aromatic rings. The number of alkyl halides is 3. The molecule has 5 rings (SSSR count). The number of benzene rings is 3. The lowest BCUT2D eigenvalue weighted by atomic mass is 9.78. The summed E-state index contributed by atoms with van der Waals surface area (Å²) in [5, 5.41) is 9.22. The molecule has 3 atom stereocenters. The van der Waals surface area contributed by atoms with Crippen LogP contribution in [0, 0.1) is 36.5 Å². The standard InChI is InChI=1S/C28H21F3N2O3/c1-16-12-17(2)14-21(13-16)33-24(34)23-26(3,25(33)35)27(23,19-6-4-18(15-32)5-7-19)20-8-10-22(11-9-20)36-28(29,30)31/h4-14,23H,1-3H3/t23-,26-,27+/m0/s1. The molecule has 1 saturated carbocycles. The minimum Gasteiger partial charge on any atom is -0.406 e. The summed E-state index contributed by atoms with van der Waals surface area (Å²) in [4.78, 5) is 28.9. The predicted octanol–water partition coefficient (Wildman–Crippen LogP) is 5.57. The van der Waals surface area contributed by atoms with Crippen molar-refractivity contribution in [1.82, 2.24) is 0 Å². The average molecular weight is 490 g/mol. The fourth-order valence-corrected chi connectivity index (χ4v) is 5.96. The van der Waals surface area contributed by atoms with Gasteiger partial charge >= 0.3 is 6.36 Å². The summed E-state index contributed by atoms with van der Waals surface area (Å²) in [7, 11) is 0. The van der Waals surface area contributed by atoms with Crippen LogP contribution in [-0.2, 0) is 15.0 Å². The van der Waals surface area contributed by atoms with Crippen molar-refractivity contribution in [2.24, 2.45) is 11.3 Å². The summed E-state index contributed by atoms with van der Waals surface area (Å²) in [6, 6.07) is 19.5. The first-order valence-electron chi connectivity index (χ1n) is 11.3. The smallest absolute Gasteiger partial charge is 0.406 e. The van der Waals surface area contributed by atoms with Crippen LogP contribution in [0.3, 0.4) is 0 Å². The number of nitriles is 1. The van der Waals surface area contributed by atoms with Crippen molar-refractivity contribution < 1.29 is 27.5 Å². The van der Waals surface area contributed by atoms with Crippen LogP contribution in [0.5, 0.6) is 5.75 Å². The van der Waals surface area contributed by atoms with E-state index in [1.807, 2.05) is 26.0 Å². The molecule has 2 amide bonds. The molecule has 36 heavy (non-hydrogen) atoms. The number of anilines is 1. The second-order valence-electron chi connectivity index (χ2n) is 9.53. The summed E-state index contributed by atoms with van der Waals surface area (Å²) in [5.41, 5.74) is 1.64. The van der Waals surface area contributed by atoms with Crippen LogP contribution in [0.1, 0.15) is 34.7 Å². The van der Waals surface area contributed by atoms with Gasteiger partial charge in [0.1, 0.15) is 5.75 Å². The van der Waals surface area contributed by atoms with Crippen LogP contribution in [0.2, 0.25) is 0 Å². The summed E-state index contributed by atoms with van der Waals surface area (Å²) in [6.07, 6.45) is -4.84. The average Bonchev–Trinajstić information content (AvgIpc) is 3.32. The number of aryl methyl sites for hydroxylation is 2. The number of carbonyl (C=O) groups is 2. The SMILES string of the molecule is Cc1cc(C)cc(N2C(=O)[C@@H]3[C@@](c4ccc(C#N)cc4)(c4ccc(OC(F)(F)F)cc4)[C@]3(C)C2=O)c1. The van der Waals surface area contributed by atoms with Gasteiger partial charge in [0.25, 0.3) is 0 Å². The summed E-state index contributed by atoms with van der Waals surface area (Å²) in [6.45, 7) is 5.49. The molecule has 1 heterocycles. The Morgan fingerprint density at radius 3 is 1.89 bits per heavy atom. The summed E-state index contributed by atoms with van der Waals surface area (Å²) >= 11 is 0. The van der Waals surface area contributed by atoms with E-state index in [0.717, 1.165) is 11.1 Å². The zero-order valence-corrected chi connectivity index (χ0v) is 19.7. The third-order valence-electron chi connectivity index (χ3n) is 7.34. The topological polar surface area (TPSA) is 70.4 Å².